The number of rotatable bonds is 11. The highest BCUT2D eigenvalue weighted by atomic mass is 16.5. The third-order valence-corrected chi connectivity index (χ3v) is 5.44. The number of hydrogen-bond donors (Lipinski definition) is 0. The summed E-state index contributed by atoms with van der Waals surface area (Å²) in [5, 5.41) is 9.29. The van der Waals surface area contributed by atoms with Crippen LogP contribution in [-0.2, 0) is 4.79 Å². The van der Waals surface area contributed by atoms with Crippen molar-refractivity contribution in [3.05, 3.63) is 84.0 Å². The summed E-state index contributed by atoms with van der Waals surface area (Å²) in [6, 6.07) is 13.1. The number of carbonyl (C=O) groups excluding carboxylic acids is 1. The first-order chi connectivity index (χ1) is 17.5. The van der Waals surface area contributed by atoms with Crippen molar-refractivity contribution >= 4 is 17.9 Å². The Hall–Kier alpha value is -4.28. The quantitative estimate of drug-likeness (QED) is 0.259. The highest BCUT2D eigenvalue weighted by Gasteiger charge is 2.26. The molecule has 0 aliphatic carbocycles. The van der Waals surface area contributed by atoms with Gasteiger partial charge in [-0.2, -0.15) is 5.26 Å². The molecule has 0 N–H and O–H groups in total. The van der Waals surface area contributed by atoms with Gasteiger partial charge in [-0.3, -0.25) is 9.69 Å². The second kappa shape index (κ2) is 13.0. The summed E-state index contributed by atoms with van der Waals surface area (Å²) in [6.45, 7) is 8.99. The maximum atomic E-state index is 13.4. The van der Waals surface area contributed by atoms with Crippen LogP contribution in [0.5, 0.6) is 23.0 Å². The number of nitrogens with zero attached hydrogens (tertiary/aromatic N) is 2. The summed E-state index contributed by atoms with van der Waals surface area (Å²) in [5.74, 6) is 2.24. The van der Waals surface area contributed by atoms with Crippen LogP contribution in [0.1, 0.15) is 11.1 Å². The molecule has 2 aromatic carbocycles. The minimum Gasteiger partial charge on any atom is -0.493 e. The van der Waals surface area contributed by atoms with Crippen molar-refractivity contribution < 1.29 is 23.7 Å². The zero-order valence-electron chi connectivity index (χ0n) is 20.7. The molecule has 0 aromatic heterocycles. The molecule has 36 heavy (non-hydrogen) atoms. The minimum absolute atomic E-state index is 0.0684. The normalized spacial score (nSPS) is 15.9. The molecule has 1 saturated heterocycles. The van der Waals surface area contributed by atoms with Gasteiger partial charge in [-0.05, 0) is 47.5 Å². The topological polar surface area (TPSA) is 81.0 Å². The molecule has 1 aliphatic rings. The van der Waals surface area contributed by atoms with Gasteiger partial charge in [-0.1, -0.05) is 37.4 Å². The Bertz CT molecular complexity index is 1140. The number of hydrogen-bond acceptors (Lipinski definition) is 7. The molecule has 2 aromatic rings. The Morgan fingerprint density at radius 1 is 0.861 bits per heavy atom. The number of benzene rings is 2. The minimum atomic E-state index is -0.0684. The van der Waals surface area contributed by atoms with Crippen molar-refractivity contribution in [1.82, 2.24) is 4.90 Å². The number of nitriles is 1. The summed E-state index contributed by atoms with van der Waals surface area (Å²) in [7, 11) is 3.13. The fourth-order valence-electron chi connectivity index (χ4n) is 3.81. The Morgan fingerprint density at radius 2 is 1.33 bits per heavy atom. The Labute approximate surface area is 212 Å². The number of methoxy groups -OCH3 is 2. The molecule has 1 aliphatic heterocycles. The number of ketones is 1. The molecular weight excluding hydrogens is 456 g/mol. The average Bonchev–Trinajstić information content (AvgIpc) is 2.89. The van der Waals surface area contributed by atoms with Crippen LogP contribution >= 0.6 is 0 Å². The maximum Gasteiger partial charge on any atom is 0.187 e. The van der Waals surface area contributed by atoms with E-state index in [1.807, 2.05) is 41.3 Å². The zero-order chi connectivity index (χ0) is 25.9. The van der Waals surface area contributed by atoms with Crippen LogP contribution < -0.4 is 18.9 Å². The van der Waals surface area contributed by atoms with Gasteiger partial charge in [0.15, 0.2) is 28.8 Å². The van der Waals surface area contributed by atoms with Crippen LogP contribution in [0.4, 0.5) is 0 Å². The van der Waals surface area contributed by atoms with E-state index in [1.165, 1.54) is 0 Å². The number of ether oxygens (including phenoxy) is 4. The SMILES string of the molecule is C=CCOc1ccc(C=C2CN(CC#N)CC(=Cc3ccc(OCC=C)c(OC)c3)C2=O)cc1OC. The highest BCUT2D eigenvalue weighted by Crippen LogP contribution is 2.32. The second-order valence-corrected chi connectivity index (χ2v) is 7.99. The van der Waals surface area contributed by atoms with Gasteiger partial charge in [0.2, 0.25) is 0 Å². The van der Waals surface area contributed by atoms with Gasteiger partial charge in [-0.15, -0.1) is 0 Å². The summed E-state index contributed by atoms with van der Waals surface area (Å²) in [5.41, 5.74) is 2.76. The van der Waals surface area contributed by atoms with E-state index in [1.54, 1.807) is 38.5 Å². The van der Waals surface area contributed by atoms with Crippen molar-refractivity contribution in [2.24, 2.45) is 0 Å². The zero-order valence-corrected chi connectivity index (χ0v) is 20.7. The van der Waals surface area contributed by atoms with E-state index >= 15 is 0 Å². The summed E-state index contributed by atoms with van der Waals surface area (Å²) in [4.78, 5) is 15.4. The predicted molar refractivity (Wildman–Crippen MR) is 140 cm³/mol. The molecular formula is C29H30N2O5. The first-order valence-corrected chi connectivity index (χ1v) is 11.4. The van der Waals surface area contributed by atoms with Crippen LogP contribution in [-0.4, -0.2) is 57.8 Å². The number of carbonyl (C=O) groups is 1. The van der Waals surface area contributed by atoms with Gasteiger partial charge in [0, 0.05) is 24.2 Å². The Morgan fingerprint density at radius 3 is 1.72 bits per heavy atom. The fourth-order valence-corrected chi connectivity index (χ4v) is 3.81. The van der Waals surface area contributed by atoms with Crippen molar-refractivity contribution in [2.75, 3.05) is 47.1 Å². The molecule has 3 rings (SSSR count). The molecule has 0 amide bonds. The van der Waals surface area contributed by atoms with Gasteiger partial charge >= 0.3 is 0 Å². The Kier molecular flexibility index (Phi) is 9.49. The van der Waals surface area contributed by atoms with Crippen molar-refractivity contribution in [3.8, 4) is 29.1 Å². The number of likely N-dealkylation sites (tertiary alicyclic amines) is 1. The van der Waals surface area contributed by atoms with E-state index in [9.17, 15) is 10.1 Å². The molecule has 0 spiro atoms. The van der Waals surface area contributed by atoms with E-state index < -0.39 is 0 Å². The van der Waals surface area contributed by atoms with Crippen molar-refractivity contribution in [3.63, 3.8) is 0 Å². The van der Waals surface area contributed by atoms with Gasteiger partial charge in [0.05, 0.1) is 26.8 Å². The Balaban J connectivity index is 1.94. The summed E-state index contributed by atoms with van der Waals surface area (Å²) < 4.78 is 22.1. The highest BCUT2D eigenvalue weighted by molar-refractivity contribution is 6.14. The van der Waals surface area contributed by atoms with Crippen LogP contribution in [0.25, 0.3) is 12.2 Å². The third-order valence-electron chi connectivity index (χ3n) is 5.44. The molecule has 7 heteroatoms. The number of piperidine rings is 1. The third kappa shape index (κ3) is 6.65. The fraction of sp³-hybridized carbons (Fsp3) is 0.241. The lowest BCUT2D eigenvalue weighted by Gasteiger charge is -2.27. The lowest BCUT2D eigenvalue weighted by molar-refractivity contribution is -0.113. The smallest absolute Gasteiger partial charge is 0.187 e. The van der Waals surface area contributed by atoms with Crippen LogP contribution in [0, 0.1) is 11.3 Å². The lowest BCUT2D eigenvalue weighted by Crippen LogP contribution is -2.37. The summed E-state index contributed by atoms with van der Waals surface area (Å²) >= 11 is 0. The van der Waals surface area contributed by atoms with Gasteiger partial charge in [0.1, 0.15) is 13.2 Å². The van der Waals surface area contributed by atoms with Crippen LogP contribution in [0.2, 0.25) is 0 Å². The first kappa shape index (κ1) is 26.3. The van der Waals surface area contributed by atoms with Gasteiger partial charge < -0.3 is 18.9 Å². The van der Waals surface area contributed by atoms with E-state index in [4.69, 9.17) is 18.9 Å². The van der Waals surface area contributed by atoms with E-state index in [2.05, 4.69) is 19.2 Å². The first-order valence-electron chi connectivity index (χ1n) is 11.4. The average molecular weight is 487 g/mol. The largest absolute Gasteiger partial charge is 0.493 e. The molecule has 1 heterocycles. The predicted octanol–water partition coefficient (Wildman–Crippen LogP) is 4.71. The molecule has 7 nitrogen and oxygen atoms in total. The van der Waals surface area contributed by atoms with Crippen molar-refractivity contribution in [2.45, 2.75) is 0 Å². The molecule has 0 radical (unpaired) electrons. The molecule has 0 unspecified atom stereocenters. The molecule has 0 atom stereocenters. The van der Waals surface area contributed by atoms with E-state index in [0.29, 0.717) is 60.4 Å². The van der Waals surface area contributed by atoms with Crippen LogP contribution in [0.3, 0.4) is 0 Å². The molecule has 0 bridgehead atoms. The lowest BCUT2D eigenvalue weighted by atomic mass is 9.94. The van der Waals surface area contributed by atoms with E-state index in [0.717, 1.165) is 11.1 Å². The standard InChI is InChI=1S/C29H30N2O5/c1-5-13-35-25-9-7-21(17-27(25)33-3)15-23-19-31(12-11-30)20-24(29(23)32)16-22-8-10-26(36-14-6-2)28(18-22)34-4/h5-10,15-18H,1-2,12-14,19-20H2,3-4H3. The maximum absolute atomic E-state index is 13.4. The van der Waals surface area contributed by atoms with Crippen LogP contribution in [0.15, 0.2) is 72.9 Å². The van der Waals surface area contributed by atoms with Crippen molar-refractivity contribution in [1.29, 1.82) is 5.26 Å². The second-order valence-electron chi connectivity index (χ2n) is 7.99. The van der Waals surface area contributed by atoms with Gasteiger partial charge in [0.25, 0.3) is 0 Å². The van der Waals surface area contributed by atoms with Gasteiger partial charge in [-0.25, -0.2) is 0 Å². The molecule has 186 valence electrons. The molecule has 0 saturated carbocycles. The number of Topliss-reactive ketones (excluding diaryl/α,β-unsaturated/α-hetero) is 1. The van der Waals surface area contributed by atoms with E-state index in [-0.39, 0.29) is 12.3 Å². The summed E-state index contributed by atoms with van der Waals surface area (Å²) in [6.07, 6.45) is 6.97. The monoisotopic (exact) mass is 486 g/mol. The molecule has 1 fully saturated rings.